The molecule has 0 saturated carbocycles. The molecule has 0 spiro atoms. The summed E-state index contributed by atoms with van der Waals surface area (Å²) >= 11 is 0. The predicted molar refractivity (Wildman–Crippen MR) is 182 cm³/mol. The molecule has 238 valence electrons. The number of esters is 2. The summed E-state index contributed by atoms with van der Waals surface area (Å²) in [5.41, 5.74) is 5.09. The summed E-state index contributed by atoms with van der Waals surface area (Å²) in [7, 11) is 0. The van der Waals surface area contributed by atoms with Gasteiger partial charge in [0.15, 0.2) is 0 Å². The van der Waals surface area contributed by atoms with Crippen molar-refractivity contribution in [3.8, 4) is 11.5 Å². The summed E-state index contributed by atoms with van der Waals surface area (Å²) in [6, 6.07) is 19.2. The van der Waals surface area contributed by atoms with E-state index >= 15 is 0 Å². The first-order chi connectivity index (χ1) is 21.5. The molecule has 4 nitrogen and oxygen atoms in total. The zero-order chi connectivity index (χ0) is 31.6. The van der Waals surface area contributed by atoms with E-state index in [1.54, 1.807) is 24.3 Å². The number of benzene rings is 3. The number of unbranched alkanes of at least 4 members (excludes halogenated alkanes) is 8. The normalized spacial score (nSPS) is 11.0. The Bertz CT molecular complexity index is 1210. The van der Waals surface area contributed by atoms with Crippen LogP contribution in [0.15, 0.2) is 60.7 Å². The van der Waals surface area contributed by atoms with Gasteiger partial charge in [-0.15, -0.1) is 0 Å². The third kappa shape index (κ3) is 11.3. The lowest BCUT2D eigenvalue weighted by atomic mass is 10.00. The minimum atomic E-state index is -0.539. The molecule has 4 heteroatoms. The molecule has 0 radical (unpaired) electrons. The molecule has 0 amide bonds. The van der Waals surface area contributed by atoms with Gasteiger partial charge < -0.3 is 9.47 Å². The predicted octanol–water partition coefficient (Wildman–Crippen LogP) is 11.1. The highest BCUT2D eigenvalue weighted by Gasteiger charge is 2.22. The second-order valence-corrected chi connectivity index (χ2v) is 12.0. The Labute approximate surface area is 266 Å². The first-order valence-electron chi connectivity index (χ1n) is 17.3. The fourth-order valence-corrected chi connectivity index (χ4v) is 5.60. The molecule has 0 unspecified atom stereocenters. The first kappa shape index (κ1) is 35.1. The Kier molecular flexibility index (Phi) is 15.8. The molecule has 0 saturated heterocycles. The van der Waals surface area contributed by atoms with Crippen LogP contribution in [-0.2, 0) is 25.7 Å². The Morgan fingerprint density at radius 2 is 0.841 bits per heavy atom. The second-order valence-electron chi connectivity index (χ2n) is 12.0. The molecular formula is C40H54O4. The van der Waals surface area contributed by atoms with E-state index in [0.29, 0.717) is 11.5 Å². The molecule has 0 heterocycles. The number of hydrogen-bond donors (Lipinski definition) is 0. The van der Waals surface area contributed by atoms with E-state index < -0.39 is 11.9 Å². The lowest BCUT2D eigenvalue weighted by Gasteiger charge is -2.15. The van der Waals surface area contributed by atoms with Crippen LogP contribution in [0.3, 0.4) is 0 Å². The van der Waals surface area contributed by atoms with Gasteiger partial charge >= 0.3 is 11.9 Å². The molecule has 44 heavy (non-hydrogen) atoms. The molecular weight excluding hydrogens is 544 g/mol. The molecule has 3 aromatic carbocycles. The number of aryl methyl sites for hydroxylation is 4. The zero-order valence-electron chi connectivity index (χ0n) is 27.7. The zero-order valence-corrected chi connectivity index (χ0v) is 27.7. The summed E-state index contributed by atoms with van der Waals surface area (Å²) in [6.45, 7) is 8.80. The largest absolute Gasteiger partial charge is 0.423 e. The van der Waals surface area contributed by atoms with E-state index in [1.165, 1.54) is 36.8 Å². The highest BCUT2D eigenvalue weighted by molar-refractivity contribution is 6.04. The molecule has 0 aliphatic rings. The molecule has 0 aliphatic carbocycles. The summed E-state index contributed by atoms with van der Waals surface area (Å²) in [6.07, 6.45) is 17.5. The summed E-state index contributed by atoms with van der Waals surface area (Å²) in [4.78, 5) is 27.1. The maximum Gasteiger partial charge on any atom is 0.344 e. The van der Waals surface area contributed by atoms with Crippen LogP contribution in [0.2, 0.25) is 0 Å². The van der Waals surface area contributed by atoms with Crippen molar-refractivity contribution in [2.75, 3.05) is 0 Å². The second kappa shape index (κ2) is 19.8. The van der Waals surface area contributed by atoms with E-state index in [9.17, 15) is 9.59 Å². The van der Waals surface area contributed by atoms with Crippen molar-refractivity contribution in [3.63, 3.8) is 0 Å². The van der Waals surface area contributed by atoms with E-state index in [4.69, 9.17) is 9.47 Å². The quantitative estimate of drug-likeness (QED) is 0.0737. The van der Waals surface area contributed by atoms with Gasteiger partial charge in [0, 0.05) is 0 Å². The fourth-order valence-electron chi connectivity index (χ4n) is 5.60. The Balaban J connectivity index is 1.81. The Hall–Kier alpha value is -3.40. The molecule has 0 aromatic heterocycles. The van der Waals surface area contributed by atoms with E-state index in [1.807, 2.05) is 12.1 Å². The number of ether oxygens (including phenoxy) is 2. The fraction of sp³-hybridized carbons (Fsp3) is 0.500. The molecule has 0 aliphatic heterocycles. The molecule has 0 N–H and O–H groups in total. The van der Waals surface area contributed by atoms with Crippen molar-refractivity contribution < 1.29 is 19.1 Å². The average molecular weight is 599 g/mol. The molecule has 0 bridgehead atoms. The molecule has 0 fully saturated rings. The number of hydrogen-bond acceptors (Lipinski definition) is 4. The lowest BCUT2D eigenvalue weighted by molar-refractivity contribution is 0.0690. The highest BCUT2D eigenvalue weighted by Crippen LogP contribution is 2.28. The van der Waals surface area contributed by atoms with Crippen LogP contribution in [0.4, 0.5) is 0 Å². The van der Waals surface area contributed by atoms with Gasteiger partial charge in [0.2, 0.25) is 0 Å². The van der Waals surface area contributed by atoms with Crippen LogP contribution >= 0.6 is 0 Å². The Morgan fingerprint density at radius 1 is 0.477 bits per heavy atom. The van der Waals surface area contributed by atoms with Crippen LogP contribution in [-0.4, -0.2) is 11.9 Å². The highest BCUT2D eigenvalue weighted by atomic mass is 16.5. The smallest absolute Gasteiger partial charge is 0.344 e. The van der Waals surface area contributed by atoms with Crippen LogP contribution in [0.25, 0.3) is 0 Å². The SMILES string of the molecule is CCCCCc1ccc(OC(=O)c2ccccc2C(=O)Oc2ccc(CCCCC)cc2CCCCC)c(CCCCC)c1. The van der Waals surface area contributed by atoms with Crippen molar-refractivity contribution in [3.05, 3.63) is 94.0 Å². The Morgan fingerprint density at radius 3 is 1.20 bits per heavy atom. The number of carbonyl (C=O) groups excluding carboxylic acids is 2. The monoisotopic (exact) mass is 598 g/mol. The minimum absolute atomic E-state index is 0.216. The van der Waals surface area contributed by atoms with Crippen LogP contribution in [0, 0.1) is 0 Å². The third-order valence-electron chi connectivity index (χ3n) is 8.26. The van der Waals surface area contributed by atoms with Gasteiger partial charge in [0.25, 0.3) is 0 Å². The number of rotatable bonds is 20. The van der Waals surface area contributed by atoms with E-state index in [2.05, 4.69) is 52.0 Å². The van der Waals surface area contributed by atoms with Gasteiger partial charge in [0.05, 0.1) is 11.1 Å². The van der Waals surface area contributed by atoms with Crippen molar-refractivity contribution >= 4 is 11.9 Å². The first-order valence-corrected chi connectivity index (χ1v) is 17.3. The van der Waals surface area contributed by atoms with Crippen LogP contribution in [0.1, 0.15) is 148 Å². The van der Waals surface area contributed by atoms with Crippen molar-refractivity contribution in [2.24, 2.45) is 0 Å². The standard InChI is InChI=1S/C40H54O4/c1-5-9-13-19-31-25-27-37(33(29-31)21-15-11-7-3)43-39(41)35-23-17-18-24-36(35)40(42)44-38-28-26-32(20-14-10-6-2)30-34(38)22-16-12-8-4/h17-18,23-30H,5-16,19-22H2,1-4H3. The number of carbonyl (C=O) groups is 2. The van der Waals surface area contributed by atoms with Gasteiger partial charge in [-0.1, -0.05) is 115 Å². The molecule has 3 aromatic rings. The van der Waals surface area contributed by atoms with Gasteiger partial charge in [-0.25, -0.2) is 9.59 Å². The maximum absolute atomic E-state index is 13.6. The van der Waals surface area contributed by atoms with E-state index in [0.717, 1.165) is 88.2 Å². The van der Waals surface area contributed by atoms with Gasteiger partial charge in [0.1, 0.15) is 11.5 Å². The van der Waals surface area contributed by atoms with Crippen molar-refractivity contribution in [2.45, 2.75) is 130 Å². The third-order valence-corrected chi connectivity index (χ3v) is 8.26. The maximum atomic E-state index is 13.6. The summed E-state index contributed by atoms with van der Waals surface area (Å²) in [5, 5.41) is 0. The van der Waals surface area contributed by atoms with Crippen LogP contribution in [0.5, 0.6) is 11.5 Å². The molecule has 3 rings (SSSR count). The lowest BCUT2D eigenvalue weighted by Crippen LogP contribution is -2.18. The van der Waals surface area contributed by atoms with Crippen LogP contribution < -0.4 is 9.47 Å². The molecule has 0 atom stereocenters. The average Bonchev–Trinajstić information content (AvgIpc) is 3.03. The topological polar surface area (TPSA) is 52.6 Å². The van der Waals surface area contributed by atoms with Crippen molar-refractivity contribution in [1.82, 2.24) is 0 Å². The van der Waals surface area contributed by atoms with E-state index in [-0.39, 0.29) is 11.1 Å². The van der Waals surface area contributed by atoms with Gasteiger partial charge in [-0.05, 0) is 97.9 Å². The van der Waals surface area contributed by atoms with Gasteiger partial charge in [-0.2, -0.15) is 0 Å². The summed E-state index contributed by atoms with van der Waals surface area (Å²) in [5.74, 6) is 0.0701. The minimum Gasteiger partial charge on any atom is -0.423 e. The summed E-state index contributed by atoms with van der Waals surface area (Å²) < 4.78 is 12.0. The van der Waals surface area contributed by atoms with Crippen molar-refractivity contribution in [1.29, 1.82) is 0 Å². The van der Waals surface area contributed by atoms with Gasteiger partial charge in [-0.3, -0.25) is 0 Å².